The Morgan fingerprint density at radius 3 is 2.85 bits per heavy atom. The SMILES string of the molecule is O=C1C=C[C@@H](O)[C@@H]2[C@H]3CCC[N+]4([O-])CCC[C@@H](CN12)[C@@H]34. The minimum atomic E-state index is -0.605. The minimum Gasteiger partial charge on any atom is -0.633 e. The molecule has 4 aliphatic heterocycles. The monoisotopic (exact) mass is 278 g/mol. The fourth-order valence-corrected chi connectivity index (χ4v) is 5.29. The molecule has 4 aliphatic rings. The van der Waals surface area contributed by atoms with E-state index in [4.69, 9.17) is 0 Å². The van der Waals surface area contributed by atoms with Crippen molar-refractivity contribution in [1.29, 1.82) is 0 Å². The Balaban J connectivity index is 1.75. The van der Waals surface area contributed by atoms with E-state index in [1.54, 1.807) is 6.08 Å². The van der Waals surface area contributed by atoms with Crippen LogP contribution in [0.2, 0.25) is 0 Å². The van der Waals surface area contributed by atoms with Gasteiger partial charge in [-0.15, -0.1) is 0 Å². The highest BCUT2D eigenvalue weighted by Crippen LogP contribution is 2.47. The summed E-state index contributed by atoms with van der Waals surface area (Å²) in [4.78, 5) is 14.0. The van der Waals surface area contributed by atoms with Gasteiger partial charge in [-0.2, -0.15) is 0 Å². The van der Waals surface area contributed by atoms with Crippen molar-refractivity contribution in [3.8, 4) is 0 Å². The number of carbonyl (C=O) groups is 1. The third-order valence-corrected chi connectivity index (χ3v) is 5.95. The van der Waals surface area contributed by atoms with E-state index in [1.165, 1.54) is 6.08 Å². The van der Waals surface area contributed by atoms with Crippen molar-refractivity contribution in [3.05, 3.63) is 17.4 Å². The number of hydrogen-bond acceptors (Lipinski definition) is 3. The van der Waals surface area contributed by atoms with Crippen LogP contribution in [-0.4, -0.2) is 58.4 Å². The standard InChI is InChI=1S/C15H22N2O3/c18-12-5-6-13(19)16-9-10-3-1-7-17(20)8-2-4-11(14(12)16)15(10)17/h5-6,10-12,14-15,18H,1-4,7-9H2/t10-,11+,12+,14-,15-,17?/m0/s1. The van der Waals surface area contributed by atoms with Crippen molar-refractivity contribution in [2.24, 2.45) is 11.8 Å². The molecule has 0 aromatic heterocycles. The fourth-order valence-electron chi connectivity index (χ4n) is 5.29. The lowest BCUT2D eigenvalue weighted by Gasteiger charge is -2.64. The molecular weight excluding hydrogens is 256 g/mol. The van der Waals surface area contributed by atoms with Crippen LogP contribution in [0.25, 0.3) is 0 Å². The van der Waals surface area contributed by atoms with Crippen LogP contribution in [0.5, 0.6) is 0 Å². The number of fused-ring (bicyclic) bond motifs is 2. The van der Waals surface area contributed by atoms with Crippen LogP contribution in [0.15, 0.2) is 12.2 Å². The van der Waals surface area contributed by atoms with E-state index in [9.17, 15) is 15.1 Å². The maximum absolute atomic E-state index is 13.1. The second-order valence-corrected chi connectivity index (χ2v) is 6.93. The highest BCUT2D eigenvalue weighted by atomic mass is 16.5. The Morgan fingerprint density at radius 2 is 2.05 bits per heavy atom. The Hall–Kier alpha value is -0.910. The number of piperidine rings is 3. The normalized spacial score (nSPS) is 50.6. The van der Waals surface area contributed by atoms with E-state index in [1.807, 2.05) is 4.90 Å². The predicted octanol–water partition coefficient (Wildman–Crippen LogP) is 0.631. The number of amides is 1. The molecule has 0 aromatic rings. The predicted molar refractivity (Wildman–Crippen MR) is 73.2 cm³/mol. The van der Waals surface area contributed by atoms with Crippen molar-refractivity contribution >= 4 is 5.91 Å². The van der Waals surface area contributed by atoms with Crippen molar-refractivity contribution in [2.75, 3.05) is 19.6 Å². The number of carbonyl (C=O) groups excluding carboxylic acids is 1. The molecule has 0 spiro atoms. The van der Waals surface area contributed by atoms with Gasteiger partial charge in [0.05, 0.1) is 31.3 Å². The molecule has 4 heterocycles. The highest BCUT2D eigenvalue weighted by Gasteiger charge is 2.56. The summed E-state index contributed by atoms with van der Waals surface area (Å²) in [5.41, 5.74) is 0. The Morgan fingerprint density at radius 1 is 1.30 bits per heavy atom. The number of rotatable bonds is 0. The summed E-state index contributed by atoms with van der Waals surface area (Å²) < 4.78 is -0.0652. The van der Waals surface area contributed by atoms with Crippen LogP contribution >= 0.6 is 0 Å². The van der Waals surface area contributed by atoms with Crippen LogP contribution < -0.4 is 0 Å². The Bertz CT molecular complexity index is 462. The first kappa shape index (κ1) is 12.8. The van der Waals surface area contributed by atoms with E-state index < -0.39 is 6.10 Å². The summed E-state index contributed by atoms with van der Waals surface area (Å²) in [5, 5.41) is 23.4. The molecule has 3 saturated heterocycles. The molecule has 3 fully saturated rings. The summed E-state index contributed by atoms with van der Waals surface area (Å²) >= 11 is 0. The number of aliphatic hydroxyl groups excluding tert-OH is 1. The van der Waals surface area contributed by atoms with Gasteiger partial charge in [-0.3, -0.25) is 4.79 Å². The van der Waals surface area contributed by atoms with Crippen molar-refractivity contribution in [2.45, 2.75) is 43.9 Å². The third kappa shape index (κ3) is 1.63. The fraction of sp³-hybridized carbons (Fsp3) is 0.800. The third-order valence-electron chi connectivity index (χ3n) is 5.95. The first-order chi connectivity index (χ1) is 9.60. The molecule has 0 aliphatic carbocycles. The summed E-state index contributed by atoms with van der Waals surface area (Å²) in [5.74, 6) is 0.508. The molecule has 20 heavy (non-hydrogen) atoms. The highest BCUT2D eigenvalue weighted by molar-refractivity contribution is 5.89. The van der Waals surface area contributed by atoms with Crippen LogP contribution in [0.1, 0.15) is 25.7 Å². The zero-order valence-corrected chi connectivity index (χ0v) is 11.6. The molecule has 6 atom stereocenters. The maximum atomic E-state index is 13.1. The van der Waals surface area contributed by atoms with Crippen molar-refractivity contribution in [1.82, 2.24) is 4.90 Å². The number of aliphatic hydroxyl groups is 1. The Labute approximate surface area is 119 Å². The quantitative estimate of drug-likeness (QED) is 0.522. The van der Waals surface area contributed by atoms with Gasteiger partial charge >= 0.3 is 0 Å². The first-order valence-corrected chi connectivity index (χ1v) is 7.85. The zero-order valence-electron chi connectivity index (χ0n) is 11.6. The van der Waals surface area contributed by atoms with Gasteiger partial charge in [-0.25, -0.2) is 0 Å². The molecule has 5 nitrogen and oxygen atoms in total. The lowest BCUT2D eigenvalue weighted by molar-refractivity contribution is -0.926. The van der Waals surface area contributed by atoms with Crippen molar-refractivity contribution in [3.63, 3.8) is 0 Å². The Kier molecular flexibility index (Phi) is 2.75. The van der Waals surface area contributed by atoms with E-state index >= 15 is 0 Å². The van der Waals surface area contributed by atoms with Gasteiger partial charge in [0.25, 0.3) is 0 Å². The molecule has 5 heteroatoms. The van der Waals surface area contributed by atoms with Crippen LogP contribution in [0.4, 0.5) is 0 Å². The molecule has 110 valence electrons. The van der Waals surface area contributed by atoms with Crippen molar-refractivity contribution < 1.29 is 14.5 Å². The largest absolute Gasteiger partial charge is 0.633 e. The van der Waals surface area contributed by atoms with Gasteiger partial charge in [0.2, 0.25) is 5.91 Å². The molecule has 1 amide bonds. The summed E-state index contributed by atoms with van der Waals surface area (Å²) in [6, 6.07) is -0.0636. The first-order valence-electron chi connectivity index (χ1n) is 7.85. The van der Waals surface area contributed by atoms with Gasteiger partial charge < -0.3 is 19.9 Å². The topological polar surface area (TPSA) is 63.6 Å². The van der Waals surface area contributed by atoms with Gasteiger partial charge in [-0.1, -0.05) is 0 Å². The molecule has 0 saturated carbocycles. The second kappa shape index (κ2) is 4.29. The van der Waals surface area contributed by atoms with Gasteiger partial charge in [0, 0.05) is 24.5 Å². The smallest absolute Gasteiger partial charge is 0.246 e. The molecular formula is C15H22N2O3. The molecule has 1 N–H and O–H groups in total. The zero-order chi connectivity index (χ0) is 13.9. The van der Waals surface area contributed by atoms with Gasteiger partial charge in [-0.05, 0) is 31.8 Å². The molecule has 1 unspecified atom stereocenters. The van der Waals surface area contributed by atoms with Gasteiger partial charge in [0.15, 0.2) is 0 Å². The van der Waals surface area contributed by atoms with Crippen LogP contribution in [0, 0.1) is 17.0 Å². The summed E-state index contributed by atoms with van der Waals surface area (Å²) in [7, 11) is 0. The maximum Gasteiger partial charge on any atom is 0.246 e. The van der Waals surface area contributed by atoms with Crippen LogP contribution in [-0.2, 0) is 4.79 Å². The van der Waals surface area contributed by atoms with Gasteiger partial charge in [0.1, 0.15) is 0 Å². The summed E-state index contributed by atoms with van der Waals surface area (Å²) in [6.07, 6.45) is 6.43. The second-order valence-electron chi connectivity index (χ2n) is 6.93. The van der Waals surface area contributed by atoms with E-state index in [2.05, 4.69) is 0 Å². The van der Waals surface area contributed by atoms with E-state index in [-0.39, 0.29) is 28.6 Å². The lowest BCUT2D eigenvalue weighted by atomic mass is 9.67. The average Bonchev–Trinajstić information content (AvgIpc) is 2.43. The summed E-state index contributed by atoms with van der Waals surface area (Å²) in [6.45, 7) is 2.11. The molecule has 0 aromatic carbocycles. The van der Waals surface area contributed by atoms with Crippen LogP contribution in [0.3, 0.4) is 0 Å². The lowest BCUT2D eigenvalue weighted by Crippen LogP contribution is -2.73. The average molecular weight is 278 g/mol. The number of nitrogens with zero attached hydrogens (tertiary/aromatic N) is 2. The minimum absolute atomic E-state index is 0.0129. The number of hydroxylamine groups is 3. The van der Waals surface area contributed by atoms with E-state index in [0.29, 0.717) is 12.5 Å². The number of hydrogen-bond donors (Lipinski definition) is 1. The van der Waals surface area contributed by atoms with E-state index in [0.717, 1.165) is 38.8 Å². The molecule has 0 radical (unpaired) electrons. The molecule has 4 rings (SSSR count). The number of quaternary nitrogens is 1. The molecule has 0 bridgehead atoms.